The Balaban J connectivity index is 1.96. The van der Waals surface area contributed by atoms with Crippen LogP contribution < -0.4 is 25.0 Å². The summed E-state index contributed by atoms with van der Waals surface area (Å²) >= 11 is 0. The molecule has 2 rings (SSSR count). The largest absolute Gasteiger partial charge is 0.493 e. The fourth-order valence-electron chi connectivity index (χ4n) is 2.62. The van der Waals surface area contributed by atoms with Crippen molar-refractivity contribution in [3.8, 4) is 17.2 Å². The Morgan fingerprint density at radius 2 is 1.78 bits per heavy atom. The third-order valence-electron chi connectivity index (χ3n) is 4.06. The number of pyridine rings is 1. The minimum atomic E-state index is -0.349. The topological polar surface area (TPSA) is 99.0 Å². The third-order valence-corrected chi connectivity index (χ3v) is 4.06. The quantitative estimate of drug-likeness (QED) is 0.669. The van der Waals surface area contributed by atoms with E-state index < -0.39 is 0 Å². The first kappa shape index (κ1) is 20.3. The van der Waals surface area contributed by atoms with E-state index in [1.165, 1.54) is 23.9 Å². The number of rotatable bonds is 9. The molecule has 1 aromatic heterocycles. The molecular weight excluding hydrogens is 352 g/mol. The summed E-state index contributed by atoms with van der Waals surface area (Å²) in [6, 6.07) is 6.84. The van der Waals surface area contributed by atoms with Gasteiger partial charge in [-0.3, -0.25) is 9.59 Å². The fourth-order valence-corrected chi connectivity index (χ4v) is 2.62. The fraction of sp³-hybridized carbons (Fsp3) is 0.368. The van der Waals surface area contributed by atoms with Crippen molar-refractivity contribution < 1.29 is 24.1 Å². The Bertz CT molecular complexity index is 847. The van der Waals surface area contributed by atoms with Gasteiger partial charge < -0.3 is 29.2 Å². The molecule has 1 aromatic carbocycles. The molecule has 2 aromatic rings. The van der Waals surface area contributed by atoms with Crippen LogP contribution in [0.4, 0.5) is 0 Å². The molecule has 0 aliphatic rings. The SMILES string of the molecule is COc1ccc(CCNC(=O)Cn2cc(OC)c(=O)cc2CO)cc1OC. The van der Waals surface area contributed by atoms with Crippen LogP contribution in [0.3, 0.4) is 0 Å². The normalized spacial score (nSPS) is 10.4. The summed E-state index contributed by atoms with van der Waals surface area (Å²) in [7, 11) is 4.52. The zero-order valence-electron chi connectivity index (χ0n) is 15.7. The number of nitrogens with zero attached hydrogens (tertiary/aromatic N) is 1. The zero-order chi connectivity index (χ0) is 19.8. The highest BCUT2D eigenvalue weighted by atomic mass is 16.5. The Labute approximate surface area is 157 Å². The first-order chi connectivity index (χ1) is 13.0. The third kappa shape index (κ3) is 5.24. The van der Waals surface area contributed by atoms with Gasteiger partial charge in [0, 0.05) is 18.3 Å². The molecule has 27 heavy (non-hydrogen) atoms. The van der Waals surface area contributed by atoms with E-state index in [1.807, 2.05) is 18.2 Å². The Morgan fingerprint density at radius 1 is 1.07 bits per heavy atom. The Morgan fingerprint density at radius 3 is 2.41 bits per heavy atom. The van der Waals surface area contributed by atoms with E-state index in [0.717, 1.165) is 5.56 Å². The predicted molar refractivity (Wildman–Crippen MR) is 99.4 cm³/mol. The van der Waals surface area contributed by atoms with Crippen molar-refractivity contribution in [1.29, 1.82) is 0 Å². The molecule has 0 fully saturated rings. The van der Waals surface area contributed by atoms with Gasteiger partial charge in [0.1, 0.15) is 6.54 Å². The summed E-state index contributed by atoms with van der Waals surface area (Å²) in [5.74, 6) is 1.16. The van der Waals surface area contributed by atoms with Gasteiger partial charge in [-0.15, -0.1) is 0 Å². The molecule has 0 saturated carbocycles. The van der Waals surface area contributed by atoms with Crippen LogP contribution in [0.15, 0.2) is 35.3 Å². The van der Waals surface area contributed by atoms with E-state index in [-0.39, 0.29) is 30.2 Å². The second kappa shape index (κ2) is 9.63. The van der Waals surface area contributed by atoms with E-state index in [1.54, 1.807) is 14.2 Å². The van der Waals surface area contributed by atoms with E-state index in [9.17, 15) is 14.7 Å². The van der Waals surface area contributed by atoms with Crippen LogP contribution in [-0.2, 0) is 24.4 Å². The molecule has 0 unspecified atom stereocenters. The molecule has 8 nitrogen and oxygen atoms in total. The zero-order valence-corrected chi connectivity index (χ0v) is 15.7. The number of aliphatic hydroxyl groups is 1. The minimum Gasteiger partial charge on any atom is -0.493 e. The summed E-state index contributed by atoms with van der Waals surface area (Å²) in [6.07, 6.45) is 2.04. The molecule has 0 saturated heterocycles. The van der Waals surface area contributed by atoms with Gasteiger partial charge in [0.05, 0.1) is 34.1 Å². The molecule has 0 radical (unpaired) electrons. The summed E-state index contributed by atoms with van der Waals surface area (Å²) in [6.45, 7) is 0.0523. The van der Waals surface area contributed by atoms with Gasteiger partial charge in [0.25, 0.3) is 0 Å². The van der Waals surface area contributed by atoms with Crippen molar-refractivity contribution in [2.45, 2.75) is 19.6 Å². The van der Waals surface area contributed by atoms with Gasteiger partial charge in [0.15, 0.2) is 17.2 Å². The summed E-state index contributed by atoms with van der Waals surface area (Å²) < 4.78 is 16.9. The van der Waals surface area contributed by atoms with Crippen molar-refractivity contribution in [3.05, 3.63) is 51.9 Å². The van der Waals surface area contributed by atoms with E-state index >= 15 is 0 Å². The predicted octanol–water partition coefficient (Wildman–Crippen LogP) is 0.725. The Kier molecular flexibility index (Phi) is 7.25. The van der Waals surface area contributed by atoms with Crippen LogP contribution in [0.25, 0.3) is 0 Å². The number of aromatic nitrogens is 1. The number of methoxy groups -OCH3 is 3. The van der Waals surface area contributed by atoms with Crippen LogP contribution in [0.1, 0.15) is 11.3 Å². The molecular formula is C19H24N2O6. The molecule has 1 amide bonds. The van der Waals surface area contributed by atoms with Crippen LogP contribution >= 0.6 is 0 Å². The smallest absolute Gasteiger partial charge is 0.239 e. The number of hydrogen-bond acceptors (Lipinski definition) is 6. The Hall–Kier alpha value is -3.00. The standard InChI is InChI=1S/C19H24N2O6/c1-25-16-5-4-13(8-17(16)26-2)6-7-20-19(24)11-21-10-18(27-3)15(23)9-14(21)12-22/h4-5,8-10,22H,6-7,11-12H2,1-3H3,(H,20,24). The number of benzene rings is 1. The lowest BCUT2D eigenvalue weighted by Gasteiger charge is -2.14. The number of aliphatic hydroxyl groups excluding tert-OH is 1. The summed E-state index contributed by atoms with van der Waals surface area (Å²) in [5, 5.41) is 12.2. The van der Waals surface area contributed by atoms with Gasteiger partial charge in [-0.05, 0) is 24.1 Å². The molecule has 0 atom stereocenters. The highest BCUT2D eigenvalue weighted by Crippen LogP contribution is 2.27. The van der Waals surface area contributed by atoms with Crippen LogP contribution in [0.5, 0.6) is 17.2 Å². The van der Waals surface area contributed by atoms with Gasteiger partial charge >= 0.3 is 0 Å². The van der Waals surface area contributed by atoms with Gasteiger partial charge in [-0.25, -0.2) is 0 Å². The van der Waals surface area contributed by atoms with E-state index in [2.05, 4.69) is 5.32 Å². The van der Waals surface area contributed by atoms with Gasteiger partial charge in [0.2, 0.25) is 11.3 Å². The van der Waals surface area contributed by atoms with Crippen LogP contribution in [0.2, 0.25) is 0 Å². The highest BCUT2D eigenvalue weighted by Gasteiger charge is 2.10. The lowest BCUT2D eigenvalue weighted by molar-refractivity contribution is -0.121. The number of amides is 1. The van der Waals surface area contributed by atoms with Crippen molar-refractivity contribution >= 4 is 5.91 Å². The second-order valence-corrected chi connectivity index (χ2v) is 5.77. The van der Waals surface area contributed by atoms with Crippen molar-refractivity contribution in [3.63, 3.8) is 0 Å². The van der Waals surface area contributed by atoms with Crippen LogP contribution in [0, 0.1) is 0 Å². The highest BCUT2D eigenvalue weighted by molar-refractivity contribution is 5.75. The van der Waals surface area contributed by atoms with E-state index in [0.29, 0.717) is 30.2 Å². The van der Waals surface area contributed by atoms with Crippen molar-refractivity contribution in [1.82, 2.24) is 9.88 Å². The van der Waals surface area contributed by atoms with Crippen LogP contribution in [-0.4, -0.2) is 43.5 Å². The molecule has 8 heteroatoms. The molecule has 1 heterocycles. The summed E-state index contributed by atoms with van der Waals surface area (Å²) in [5.41, 5.74) is 0.997. The maximum atomic E-state index is 12.2. The van der Waals surface area contributed by atoms with Gasteiger partial charge in [-0.1, -0.05) is 6.07 Å². The molecule has 0 spiro atoms. The average Bonchev–Trinajstić information content (AvgIpc) is 2.68. The molecule has 146 valence electrons. The first-order valence-electron chi connectivity index (χ1n) is 8.38. The first-order valence-corrected chi connectivity index (χ1v) is 8.38. The van der Waals surface area contributed by atoms with Gasteiger partial charge in [-0.2, -0.15) is 0 Å². The molecule has 0 aliphatic carbocycles. The number of nitrogens with one attached hydrogen (secondary N) is 1. The second-order valence-electron chi connectivity index (χ2n) is 5.77. The minimum absolute atomic E-state index is 0.0293. The van der Waals surface area contributed by atoms with E-state index in [4.69, 9.17) is 14.2 Å². The molecule has 0 bridgehead atoms. The maximum absolute atomic E-state index is 12.2. The summed E-state index contributed by atoms with van der Waals surface area (Å²) in [4.78, 5) is 23.9. The van der Waals surface area contributed by atoms with Crippen molar-refractivity contribution in [2.24, 2.45) is 0 Å². The maximum Gasteiger partial charge on any atom is 0.239 e. The number of ether oxygens (including phenoxy) is 3. The molecule has 2 N–H and O–H groups in total. The lowest BCUT2D eigenvalue weighted by atomic mass is 10.1. The number of carbonyl (C=O) groups is 1. The van der Waals surface area contributed by atoms with Crippen molar-refractivity contribution in [2.75, 3.05) is 27.9 Å². The number of hydrogen-bond donors (Lipinski definition) is 2. The molecule has 0 aliphatic heterocycles. The monoisotopic (exact) mass is 376 g/mol. The number of carbonyl (C=O) groups excluding carboxylic acids is 1. The average molecular weight is 376 g/mol. The lowest BCUT2D eigenvalue weighted by Crippen LogP contribution is -2.30.